The van der Waals surface area contributed by atoms with Gasteiger partial charge in [-0.3, -0.25) is 18.7 Å². The first-order chi connectivity index (χ1) is 20.1. The lowest BCUT2D eigenvalue weighted by Gasteiger charge is -2.45. The molecule has 0 aromatic heterocycles. The number of esters is 1. The number of carbonyl (C=O) groups excluding carboxylic acids is 2. The summed E-state index contributed by atoms with van der Waals surface area (Å²) in [5.41, 5.74) is 5.92. The van der Waals surface area contributed by atoms with Crippen molar-refractivity contribution in [3.05, 3.63) is 70.8 Å². The summed E-state index contributed by atoms with van der Waals surface area (Å²) in [6.45, 7) is 7.57. The van der Waals surface area contributed by atoms with Crippen LogP contribution in [0.1, 0.15) is 61.7 Å². The van der Waals surface area contributed by atoms with Crippen molar-refractivity contribution in [3.8, 4) is 11.5 Å². The van der Waals surface area contributed by atoms with Gasteiger partial charge < -0.3 is 20.9 Å². The first-order valence-corrected chi connectivity index (χ1v) is 15.9. The number of carbonyl (C=O) groups is 2. The monoisotopic (exact) mass is 647 g/mol. The van der Waals surface area contributed by atoms with Crippen LogP contribution in [0.3, 0.4) is 0 Å². The molecule has 1 amide bonds. The summed E-state index contributed by atoms with van der Waals surface area (Å²) in [6.07, 6.45) is 0. The van der Waals surface area contributed by atoms with E-state index in [0.717, 1.165) is 17.2 Å². The van der Waals surface area contributed by atoms with Crippen LogP contribution < -0.4 is 16.2 Å². The second-order valence-electron chi connectivity index (χ2n) is 11.7. The summed E-state index contributed by atoms with van der Waals surface area (Å²) in [5, 5.41) is 0.787. The molecule has 16 heteroatoms. The van der Waals surface area contributed by atoms with Crippen molar-refractivity contribution in [1.29, 1.82) is 0 Å². The number of hydrogen-bond donors (Lipinski definition) is 4. The summed E-state index contributed by atoms with van der Waals surface area (Å²) >= 11 is 0. The Morgan fingerprint density at radius 3 is 1.75 bits per heavy atom. The van der Waals surface area contributed by atoms with E-state index in [0.29, 0.717) is 0 Å². The van der Waals surface area contributed by atoms with Crippen molar-refractivity contribution in [2.24, 2.45) is 0 Å². The van der Waals surface area contributed by atoms with Gasteiger partial charge in [0.1, 0.15) is 5.60 Å². The molecular formula is C28H29N3O11S2. The van der Waals surface area contributed by atoms with E-state index in [2.05, 4.69) is 0 Å². The molecule has 14 nitrogen and oxygen atoms in total. The van der Waals surface area contributed by atoms with Gasteiger partial charge in [0.05, 0.1) is 11.4 Å². The standard InChI is InChI=1S/C28H29N3O11S2/c1-26(2,3)41-25(33)27(4,5)42-31-24(32)14-8-6-7-9-15(14)28(31)16-10-12-18(29)22(43(34,35)36)20(16)40-21-17(28)11-13-19(30)23(21)44(37,38)39/h6-13H,29-30H2,1-5H3,(H,34,35,36)(H,37,38,39). The third-order valence-corrected chi connectivity index (χ3v) is 8.91. The molecule has 0 aliphatic carbocycles. The average Bonchev–Trinajstić information content (AvgIpc) is 3.09. The van der Waals surface area contributed by atoms with E-state index in [1.54, 1.807) is 32.9 Å². The number of fused-ring (bicyclic) bond motifs is 6. The molecule has 0 unspecified atom stereocenters. The third kappa shape index (κ3) is 4.66. The highest BCUT2D eigenvalue weighted by Crippen LogP contribution is 2.61. The third-order valence-electron chi connectivity index (χ3n) is 7.03. The van der Waals surface area contributed by atoms with Crippen molar-refractivity contribution in [1.82, 2.24) is 5.06 Å². The Hall–Kier alpha value is -4.22. The fraction of sp³-hybridized carbons (Fsp3) is 0.286. The molecule has 0 saturated heterocycles. The van der Waals surface area contributed by atoms with E-state index >= 15 is 0 Å². The summed E-state index contributed by atoms with van der Waals surface area (Å²) < 4.78 is 82.5. The molecule has 0 fully saturated rings. The highest BCUT2D eigenvalue weighted by Gasteiger charge is 2.61. The number of nitrogens with zero attached hydrogens (tertiary/aromatic N) is 1. The minimum atomic E-state index is -5.17. The fourth-order valence-corrected chi connectivity index (χ4v) is 6.85. The molecule has 3 aromatic carbocycles. The Bertz CT molecular complexity index is 1890. The van der Waals surface area contributed by atoms with E-state index in [4.69, 9.17) is 25.8 Å². The normalized spacial score (nSPS) is 15.8. The quantitative estimate of drug-likeness (QED) is 0.177. The summed E-state index contributed by atoms with van der Waals surface area (Å²) in [6, 6.07) is 10.9. The van der Waals surface area contributed by atoms with Gasteiger partial charge in [-0.05, 0) is 65.0 Å². The largest absolute Gasteiger partial charge is 0.458 e. The number of amides is 1. The van der Waals surface area contributed by atoms with Crippen molar-refractivity contribution >= 4 is 43.5 Å². The highest BCUT2D eigenvalue weighted by atomic mass is 32.2. The van der Waals surface area contributed by atoms with E-state index in [1.807, 2.05) is 0 Å². The topological polar surface area (TPSA) is 226 Å². The van der Waals surface area contributed by atoms with Crippen LogP contribution in [0, 0.1) is 0 Å². The fourth-order valence-electron chi connectivity index (χ4n) is 5.35. The number of rotatable bonds is 5. The second-order valence-corrected chi connectivity index (χ2v) is 14.4. The first kappa shape index (κ1) is 31.2. The molecule has 0 radical (unpaired) electrons. The molecular weight excluding hydrogens is 618 g/mol. The van der Waals surface area contributed by atoms with E-state index in [1.165, 1.54) is 38.1 Å². The zero-order valence-electron chi connectivity index (χ0n) is 24.1. The maximum atomic E-state index is 14.2. The predicted molar refractivity (Wildman–Crippen MR) is 155 cm³/mol. The molecule has 2 aliphatic rings. The Morgan fingerprint density at radius 1 is 0.818 bits per heavy atom. The number of nitrogen functional groups attached to an aromatic ring is 2. The molecule has 2 heterocycles. The highest BCUT2D eigenvalue weighted by molar-refractivity contribution is 7.86. The first-order valence-electron chi connectivity index (χ1n) is 13.0. The van der Waals surface area contributed by atoms with Gasteiger partial charge in [-0.15, -0.1) is 0 Å². The summed E-state index contributed by atoms with van der Waals surface area (Å²) in [4.78, 5) is 31.8. The zero-order chi connectivity index (χ0) is 32.8. The minimum Gasteiger partial charge on any atom is -0.458 e. The van der Waals surface area contributed by atoms with E-state index in [-0.39, 0.29) is 22.3 Å². The van der Waals surface area contributed by atoms with Crippen molar-refractivity contribution in [2.75, 3.05) is 11.5 Å². The number of ether oxygens (including phenoxy) is 2. The number of benzene rings is 3. The average molecular weight is 648 g/mol. The Labute approximate surface area is 252 Å². The van der Waals surface area contributed by atoms with Crippen LogP contribution in [0.25, 0.3) is 0 Å². The maximum absolute atomic E-state index is 14.2. The summed E-state index contributed by atoms with van der Waals surface area (Å²) in [7, 11) is -10.3. The van der Waals surface area contributed by atoms with Crippen LogP contribution in [0.15, 0.2) is 58.3 Å². The van der Waals surface area contributed by atoms with Crippen molar-refractivity contribution in [2.45, 2.75) is 61.2 Å². The van der Waals surface area contributed by atoms with Gasteiger partial charge in [-0.25, -0.2) is 4.79 Å². The Morgan fingerprint density at radius 2 is 1.30 bits per heavy atom. The lowest BCUT2D eigenvalue weighted by Crippen LogP contribution is -2.53. The van der Waals surface area contributed by atoms with Gasteiger partial charge in [0.15, 0.2) is 32.4 Å². The Kier molecular flexibility index (Phi) is 6.84. The molecule has 5 rings (SSSR count). The molecule has 0 saturated carbocycles. The van der Waals surface area contributed by atoms with Crippen LogP contribution in [0.2, 0.25) is 0 Å². The second kappa shape index (κ2) is 9.64. The number of anilines is 2. The van der Waals surface area contributed by atoms with E-state index in [9.17, 15) is 35.5 Å². The van der Waals surface area contributed by atoms with Crippen LogP contribution in [0.5, 0.6) is 11.5 Å². The molecule has 0 bridgehead atoms. The zero-order valence-corrected chi connectivity index (χ0v) is 25.7. The van der Waals surface area contributed by atoms with E-state index < -0.39 is 81.5 Å². The van der Waals surface area contributed by atoms with Gasteiger partial charge in [0.2, 0.25) is 0 Å². The molecule has 6 N–H and O–H groups in total. The number of nitrogens with two attached hydrogens (primary N) is 2. The number of hydrogen-bond acceptors (Lipinski definition) is 11. The molecule has 44 heavy (non-hydrogen) atoms. The van der Waals surface area contributed by atoms with Gasteiger partial charge in [0, 0.05) is 22.3 Å². The molecule has 2 aliphatic heterocycles. The van der Waals surface area contributed by atoms with Crippen LogP contribution in [0.4, 0.5) is 11.4 Å². The van der Waals surface area contributed by atoms with Crippen LogP contribution in [-0.4, -0.2) is 54.1 Å². The van der Waals surface area contributed by atoms with Crippen molar-refractivity contribution in [3.63, 3.8) is 0 Å². The molecule has 234 valence electrons. The van der Waals surface area contributed by atoms with Gasteiger partial charge >= 0.3 is 5.97 Å². The van der Waals surface area contributed by atoms with Gasteiger partial charge in [0.25, 0.3) is 26.1 Å². The lowest BCUT2D eigenvalue weighted by molar-refractivity contribution is -0.245. The minimum absolute atomic E-state index is 0.0294. The summed E-state index contributed by atoms with van der Waals surface area (Å²) in [5.74, 6) is -3.04. The Balaban J connectivity index is 1.96. The van der Waals surface area contributed by atoms with Gasteiger partial charge in [-0.2, -0.15) is 21.9 Å². The van der Waals surface area contributed by atoms with Gasteiger partial charge in [-0.1, -0.05) is 18.2 Å². The molecule has 0 atom stereocenters. The number of hydroxylamine groups is 2. The van der Waals surface area contributed by atoms with Crippen molar-refractivity contribution < 1.29 is 49.8 Å². The van der Waals surface area contributed by atoms with Crippen LogP contribution in [-0.2, 0) is 40.1 Å². The predicted octanol–water partition coefficient (Wildman–Crippen LogP) is 3.25. The lowest BCUT2D eigenvalue weighted by atomic mass is 9.75. The molecule has 1 spiro atoms. The smallest absolute Gasteiger partial charge is 0.341 e. The molecule has 3 aromatic rings. The van der Waals surface area contributed by atoms with Crippen LogP contribution >= 0.6 is 0 Å². The SMILES string of the molecule is CC(C)(C)OC(=O)C(C)(C)ON1C(=O)c2ccccc2C12c1ccc(N)c(S(=O)(=O)O)c1Oc1c2ccc(N)c1S(=O)(=O)O. The maximum Gasteiger partial charge on any atom is 0.341 e.